The molecule has 0 saturated carbocycles. The number of para-hydroxylation sites is 4. The van der Waals surface area contributed by atoms with Crippen molar-refractivity contribution in [3.05, 3.63) is 157 Å². The van der Waals surface area contributed by atoms with E-state index in [1.807, 2.05) is 66.7 Å². The number of furan rings is 2. The maximum atomic E-state index is 10.4. The Hall–Kier alpha value is -6.37. The lowest BCUT2D eigenvalue weighted by Gasteiger charge is -2.16. The summed E-state index contributed by atoms with van der Waals surface area (Å²) in [6.45, 7) is 0. The number of hydrogen-bond donors (Lipinski definition) is 0. The molecule has 0 spiro atoms. The van der Waals surface area contributed by atoms with Gasteiger partial charge < -0.3 is 8.83 Å². The second-order valence-electron chi connectivity index (χ2n) is 11.6. The SMILES string of the molecule is N#Cc1cccc(-c2ccccc2)c1-c1cc(-c2cccc3c2oc2ccccc23)cc(-c2cccc3c2oc2ccccc23)c1. The minimum Gasteiger partial charge on any atom is -0.455 e. The van der Waals surface area contributed by atoms with Gasteiger partial charge in [0.2, 0.25) is 0 Å². The first-order valence-corrected chi connectivity index (χ1v) is 15.3. The fraction of sp³-hybridized carbons (Fsp3) is 0. The average molecular weight is 588 g/mol. The van der Waals surface area contributed by atoms with E-state index in [4.69, 9.17) is 8.83 Å². The molecule has 9 rings (SSSR count). The van der Waals surface area contributed by atoms with E-state index < -0.39 is 0 Å². The Morgan fingerprint density at radius 2 is 0.870 bits per heavy atom. The van der Waals surface area contributed by atoms with Gasteiger partial charge in [0.25, 0.3) is 0 Å². The predicted octanol–water partition coefficient (Wildman–Crippen LogP) is 12.0. The Morgan fingerprint density at radius 1 is 0.391 bits per heavy atom. The van der Waals surface area contributed by atoms with E-state index in [1.54, 1.807) is 0 Å². The van der Waals surface area contributed by atoms with Crippen molar-refractivity contribution in [2.24, 2.45) is 0 Å². The summed E-state index contributed by atoms with van der Waals surface area (Å²) in [5.41, 5.74) is 11.9. The Kier molecular flexibility index (Phi) is 5.88. The first-order valence-electron chi connectivity index (χ1n) is 15.3. The molecule has 46 heavy (non-hydrogen) atoms. The zero-order valence-electron chi connectivity index (χ0n) is 24.7. The van der Waals surface area contributed by atoms with Gasteiger partial charge in [0, 0.05) is 38.2 Å². The van der Waals surface area contributed by atoms with Gasteiger partial charge in [-0.15, -0.1) is 0 Å². The quantitative estimate of drug-likeness (QED) is 0.206. The number of benzene rings is 7. The molecular weight excluding hydrogens is 562 g/mol. The van der Waals surface area contributed by atoms with Gasteiger partial charge in [-0.3, -0.25) is 0 Å². The summed E-state index contributed by atoms with van der Waals surface area (Å²) in [5.74, 6) is 0. The van der Waals surface area contributed by atoms with Crippen molar-refractivity contribution in [1.82, 2.24) is 0 Å². The van der Waals surface area contributed by atoms with Gasteiger partial charge >= 0.3 is 0 Å². The zero-order chi connectivity index (χ0) is 30.6. The van der Waals surface area contributed by atoms with Crippen molar-refractivity contribution >= 4 is 43.9 Å². The van der Waals surface area contributed by atoms with Crippen LogP contribution in [-0.2, 0) is 0 Å². The van der Waals surface area contributed by atoms with Crippen LogP contribution in [0.3, 0.4) is 0 Å². The van der Waals surface area contributed by atoms with Crippen LogP contribution in [0.15, 0.2) is 160 Å². The molecule has 0 amide bonds. The van der Waals surface area contributed by atoms with Crippen LogP contribution in [-0.4, -0.2) is 0 Å². The number of fused-ring (bicyclic) bond motifs is 6. The third-order valence-corrected chi connectivity index (χ3v) is 8.92. The highest BCUT2D eigenvalue weighted by Crippen LogP contribution is 2.44. The summed E-state index contributed by atoms with van der Waals surface area (Å²) in [4.78, 5) is 0. The lowest BCUT2D eigenvalue weighted by Crippen LogP contribution is -1.93. The normalized spacial score (nSPS) is 11.5. The van der Waals surface area contributed by atoms with Crippen molar-refractivity contribution in [2.45, 2.75) is 0 Å². The van der Waals surface area contributed by atoms with Crippen molar-refractivity contribution in [2.75, 3.05) is 0 Å². The molecule has 2 heterocycles. The molecule has 214 valence electrons. The van der Waals surface area contributed by atoms with Crippen molar-refractivity contribution < 1.29 is 8.83 Å². The minimum atomic E-state index is 0.619. The molecule has 0 aliphatic carbocycles. The minimum absolute atomic E-state index is 0.619. The van der Waals surface area contributed by atoms with Crippen molar-refractivity contribution in [3.63, 3.8) is 0 Å². The van der Waals surface area contributed by atoms with Crippen LogP contribution in [0.25, 0.3) is 88.4 Å². The molecule has 0 atom stereocenters. The highest BCUT2D eigenvalue weighted by molar-refractivity contribution is 6.12. The molecular formula is C43H25NO2. The average Bonchev–Trinajstić information content (AvgIpc) is 3.70. The molecule has 0 radical (unpaired) electrons. The van der Waals surface area contributed by atoms with Crippen LogP contribution < -0.4 is 0 Å². The topological polar surface area (TPSA) is 50.1 Å². The fourth-order valence-corrected chi connectivity index (χ4v) is 6.85. The number of rotatable bonds is 4. The highest BCUT2D eigenvalue weighted by Gasteiger charge is 2.19. The summed E-state index contributed by atoms with van der Waals surface area (Å²) >= 11 is 0. The van der Waals surface area contributed by atoms with E-state index in [9.17, 15) is 5.26 Å². The van der Waals surface area contributed by atoms with Crippen molar-refractivity contribution in [3.8, 4) is 50.6 Å². The third-order valence-electron chi connectivity index (χ3n) is 8.92. The first kappa shape index (κ1) is 26.1. The first-order chi connectivity index (χ1) is 22.8. The van der Waals surface area contributed by atoms with E-state index in [-0.39, 0.29) is 0 Å². The second kappa shape index (κ2) is 10.4. The summed E-state index contributed by atoms with van der Waals surface area (Å²) in [6.07, 6.45) is 0. The Balaban J connectivity index is 1.38. The largest absolute Gasteiger partial charge is 0.455 e. The standard InChI is InChI=1S/C43H25NO2/c44-26-28-13-8-16-32(27-11-2-1-3-12-27)41(28)31-24-29(33-17-9-19-37-35-14-4-6-21-39(35)45-42(33)37)23-30(25-31)34-18-10-20-38-36-15-5-7-22-40(36)46-43(34)38/h1-25H. The van der Waals surface area contributed by atoms with Crippen LogP contribution >= 0.6 is 0 Å². The van der Waals surface area contributed by atoms with Crippen molar-refractivity contribution in [1.29, 1.82) is 5.26 Å². The lowest BCUT2D eigenvalue weighted by molar-refractivity contribution is 0.670. The number of hydrogen-bond acceptors (Lipinski definition) is 3. The molecule has 0 unspecified atom stereocenters. The summed E-state index contributed by atoms with van der Waals surface area (Å²) in [7, 11) is 0. The Morgan fingerprint density at radius 3 is 1.46 bits per heavy atom. The van der Waals surface area contributed by atoms with Crippen LogP contribution in [0.5, 0.6) is 0 Å². The van der Waals surface area contributed by atoms with E-state index >= 15 is 0 Å². The fourth-order valence-electron chi connectivity index (χ4n) is 6.85. The molecule has 9 aromatic rings. The summed E-state index contributed by atoms with van der Waals surface area (Å²) in [5, 5.41) is 14.7. The van der Waals surface area contributed by atoms with Gasteiger partial charge in [0.15, 0.2) is 0 Å². The zero-order valence-corrected chi connectivity index (χ0v) is 24.7. The molecule has 0 aliphatic heterocycles. The van der Waals surface area contributed by atoms with Gasteiger partial charge in [-0.1, -0.05) is 115 Å². The van der Waals surface area contributed by atoms with Crippen LogP contribution in [0.1, 0.15) is 5.56 Å². The predicted molar refractivity (Wildman–Crippen MR) is 187 cm³/mol. The second-order valence-corrected chi connectivity index (χ2v) is 11.6. The van der Waals surface area contributed by atoms with Crippen LogP contribution in [0, 0.1) is 11.3 Å². The van der Waals surface area contributed by atoms with Crippen LogP contribution in [0.4, 0.5) is 0 Å². The smallest absolute Gasteiger partial charge is 0.143 e. The van der Waals surface area contributed by atoms with E-state index in [2.05, 4.69) is 91.0 Å². The van der Waals surface area contributed by atoms with E-state index in [0.717, 1.165) is 88.4 Å². The van der Waals surface area contributed by atoms with Gasteiger partial charge in [0.05, 0.1) is 11.6 Å². The summed E-state index contributed by atoms with van der Waals surface area (Å²) in [6, 6.07) is 54.2. The molecule has 0 saturated heterocycles. The van der Waals surface area contributed by atoms with Gasteiger partial charge in [0.1, 0.15) is 22.3 Å². The summed E-state index contributed by atoms with van der Waals surface area (Å²) < 4.78 is 13.0. The molecule has 0 aliphatic rings. The van der Waals surface area contributed by atoms with E-state index in [0.29, 0.717) is 5.56 Å². The number of nitrogens with zero attached hydrogens (tertiary/aromatic N) is 1. The van der Waals surface area contributed by atoms with Gasteiger partial charge in [-0.2, -0.15) is 5.26 Å². The molecule has 7 aromatic carbocycles. The molecule has 2 aromatic heterocycles. The Labute approximate surface area is 265 Å². The third kappa shape index (κ3) is 4.05. The lowest BCUT2D eigenvalue weighted by atomic mass is 9.87. The maximum Gasteiger partial charge on any atom is 0.143 e. The maximum absolute atomic E-state index is 10.4. The van der Waals surface area contributed by atoms with E-state index in [1.165, 1.54) is 0 Å². The van der Waals surface area contributed by atoms with Crippen LogP contribution in [0.2, 0.25) is 0 Å². The molecule has 0 N–H and O–H groups in total. The molecule has 3 heteroatoms. The monoisotopic (exact) mass is 587 g/mol. The molecule has 0 fully saturated rings. The van der Waals surface area contributed by atoms with Gasteiger partial charge in [-0.05, 0) is 64.2 Å². The Bertz CT molecular complexity index is 2520. The number of nitriles is 1. The highest BCUT2D eigenvalue weighted by atomic mass is 16.3. The molecule has 0 bridgehead atoms. The molecule has 3 nitrogen and oxygen atoms in total. The van der Waals surface area contributed by atoms with Gasteiger partial charge in [-0.25, -0.2) is 0 Å².